The van der Waals surface area contributed by atoms with Gasteiger partial charge in [0.2, 0.25) is 6.10 Å². The van der Waals surface area contributed by atoms with Crippen LogP contribution in [0.2, 0.25) is 0 Å². The van der Waals surface area contributed by atoms with Crippen molar-refractivity contribution in [2.24, 2.45) is 0 Å². The molecule has 0 unspecified atom stereocenters. The number of carbonyl (C=O) groups excluding carboxylic acids is 2. The highest BCUT2D eigenvalue weighted by molar-refractivity contribution is 6.04. The van der Waals surface area contributed by atoms with Crippen molar-refractivity contribution in [1.29, 1.82) is 0 Å². The predicted molar refractivity (Wildman–Crippen MR) is 137 cm³/mol. The first-order chi connectivity index (χ1) is 18.0. The Kier molecular flexibility index (Phi) is 6.54. The van der Waals surface area contributed by atoms with Crippen molar-refractivity contribution < 1.29 is 18.7 Å². The molecule has 5 rings (SSSR count). The number of aromatic nitrogens is 2. The van der Waals surface area contributed by atoms with E-state index in [1.165, 1.54) is 24.3 Å². The Bertz CT molecular complexity index is 1640. The molecule has 1 N–H and O–H groups in total. The Morgan fingerprint density at radius 1 is 0.784 bits per heavy atom. The van der Waals surface area contributed by atoms with Crippen LogP contribution in [0.3, 0.4) is 0 Å². The second kappa shape index (κ2) is 10.2. The third-order valence-electron chi connectivity index (χ3n) is 5.68. The van der Waals surface area contributed by atoms with Crippen LogP contribution in [0.5, 0.6) is 0 Å². The van der Waals surface area contributed by atoms with Gasteiger partial charge in [-0.05, 0) is 42.5 Å². The number of nitrogens with one attached hydrogen (secondary N) is 1. The van der Waals surface area contributed by atoms with Crippen LogP contribution in [0.15, 0.2) is 114 Å². The molecule has 1 atom stereocenters. The van der Waals surface area contributed by atoms with Crippen molar-refractivity contribution in [1.82, 2.24) is 9.78 Å². The normalized spacial score (nSPS) is 11.6. The van der Waals surface area contributed by atoms with Crippen LogP contribution < -0.4 is 10.9 Å². The lowest BCUT2D eigenvalue weighted by Gasteiger charge is -2.19. The topological polar surface area (TPSA) is 90.3 Å². The number of ether oxygens (including phenoxy) is 1. The lowest BCUT2D eigenvalue weighted by molar-refractivity contribution is -0.125. The fraction of sp³-hybridized carbons (Fsp3) is 0.0345. The van der Waals surface area contributed by atoms with Gasteiger partial charge >= 0.3 is 5.97 Å². The molecule has 1 heterocycles. The first-order valence-electron chi connectivity index (χ1n) is 11.4. The molecule has 0 spiro atoms. The van der Waals surface area contributed by atoms with Gasteiger partial charge in [0.05, 0.1) is 11.1 Å². The quantitative estimate of drug-likeness (QED) is 0.334. The highest BCUT2D eigenvalue weighted by atomic mass is 19.1. The first kappa shape index (κ1) is 23.6. The largest absolute Gasteiger partial charge is 0.442 e. The molecule has 0 aliphatic rings. The Morgan fingerprint density at radius 2 is 1.38 bits per heavy atom. The second-order valence-corrected chi connectivity index (χ2v) is 8.14. The zero-order chi connectivity index (χ0) is 25.8. The summed E-state index contributed by atoms with van der Waals surface area (Å²) in [6, 6.07) is 29.0. The molecule has 0 radical (unpaired) electrons. The second-order valence-electron chi connectivity index (χ2n) is 8.14. The van der Waals surface area contributed by atoms with Crippen LogP contribution in [-0.4, -0.2) is 21.7 Å². The van der Waals surface area contributed by atoms with E-state index in [1.54, 1.807) is 84.9 Å². The number of halogens is 1. The SMILES string of the molecule is O=C(O[C@@H](C(=O)Nc1ccc(F)cc1)c1ccccc1)c1nn(-c2ccccc2)c(=O)c2ccccc12. The highest BCUT2D eigenvalue weighted by Crippen LogP contribution is 2.24. The number of amides is 1. The van der Waals surface area contributed by atoms with Gasteiger partial charge in [-0.2, -0.15) is 9.78 Å². The van der Waals surface area contributed by atoms with E-state index >= 15 is 0 Å². The number of anilines is 1. The summed E-state index contributed by atoms with van der Waals surface area (Å²) in [6.45, 7) is 0. The van der Waals surface area contributed by atoms with E-state index in [2.05, 4.69) is 10.4 Å². The molecule has 0 saturated carbocycles. The van der Waals surface area contributed by atoms with E-state index in [0.717, 1.165) is 4.68 Å². The lowest BCUT2D eigenvalue weighted by Crippen LogP contribution is -2.29. The number of benzene rings is 4. The number of hydrogen-bond acceptors (Lipinski definition) is 5. The zero-order valence-electron chi connectivity index (χ0n) is 19.4. The summed E-state index contributed by atoms with van der Waals surface area (Å²) in [5.74, 6) is -1.97. The molecular formula is C29H20FN3O4. The minimum absolute atomic E-state index is 0.116. The van der Waals surface area contributed by atoms with Crippen molar-refractivity contribution in [3.8, 4) is 5.69 Å². The smallest absolute Gasteiger partial charge is 0.360 e. The van der Waals surface area contributed by atoms with Gasteiger partial charge in [0.25, 0.3) is 11.5 Å². The van der Waals surface area contributed by atoms with Gasteiger partial charge in [-0.25, -0.2) is 9.18 Å². The summed E-state index contributed by atoms with van der Waals surface area (Å²) in [5.41, 5.74) is 0.725. The first-order valence-corrected chi connectivity index (χ1v) is 11.4. The maximum Gasteiger partial charge on any atom is 0.360 e. The summed E-state index contributed by atoms with van der Waals surface area (Å²) in [5, 5.41) is 7.56. The van der Waals surface area contributed by atoms with Crippen LogP contribution in [0.4, 0.5) is 10.1 Å². The Morgan fingerprint density at radius 3 is 2.05 bits per heavy atom. The fourth-order valence-corrected chi connectivity index (χ4v) is 3.89. The molecule has 0 fully saturated rings. The summed E-state index contributed by atoms with van der Waals surface area (Å²) < 4.78 is 20.2. The number of para-hydroxylation sites is 1. The van der Waals surface area contributed by atoms with Crippen LogP contribution in [-0.2, 0) is 9.53 Å². The predicted octanol–water partition coefficient (Wildman–Crippen LogP) is 5.06. The molecule has 0 aliphatic carbocycles. The average molecular weight is 493 g/mol. The van der Waals surface area contributed by atoms with Gasteiger partial charge in [0, 0.05) is 16.6 Å². The van der Waals surface area contributed by atoms with Crippen LogP contribution in [0, 0.1) is 5.82 Å². The molecule has 37 heavy (non-hydrogen) atoms. The molecule has 0 bridgehead atoms. The molecule has 8 heteroatoms. The van der Waals surface area contributed by atoms with Crippen molar-refractivity contribution in [2.75, 3.05) is 5.32 Å². The zero-order valence-corrected chi connectivity index (χ0v) is 19.4. The van der Waals surface area contributed by atoms with Crippen LogP contribution >= 0.6 is 0 Å². The number of esters is 1. The number of rotatable bonds is 6. The Balaban J connectivity index is 1.55. The molecule has 1 amide bonds. The molecule has 4 aromatic carbocycles. The van der Waals surface area contributed by atoms with Crippen LogP contribution in [0.25, 0.3) is 16.5 Å². The standard InChI is InChI=1S/C29H20FN3O4/c30-20-15-17-21(18-16-20)31-27(34)26(19-9-3-1-4-10-19)37-29(36)25-23-13-7-8-14-24(23)28(35)33(32-25)22-11-5-2-6-12-22/h1-18,26H,(H,31,34)/t26-/m1/s1. The van der Waals surface area contributed by atoms with E-state index in [9.17, 15) is 18.8 Å². The van der Waals surface area contributed by atoms with Crippen molar-refractivity contribution in [3.63, 3.8) is 0 Å². The van der Waals surface area contributed by atoms with Crippen LogP contribution in [0.1, 0.15) is 22.2 Å². The number of nitrogens with zero attached hydrogens (tertiary/aromatic N) is 2. The third-order valence-corrected chi connectivity index (χ3v) is 5.68. The maximum absolute atomic E-state index is 13.5. The molecule has 5 aromatic rings. The van der Waals surface area contributed by atoms with E-state index in [0.29, 0.717) is 22.3 Å². The molecule has 0 aliphatic heterocycles. The van der Waals surface area contributed by atoms with Crippen molar-refractivity contribution >= 4 is 28.3 Å². The summed E-state index contributed by atoms with van der Waals surface area (Å²) >= 11 is 0. The number of hydrogen-bond donors (Lipinski definition) is 1. The summed E-state index contributed by atoms with van der Waals surface area (Å²) in [6.07, 6.45) is -1.34. The molecule has 1 aromatic heterocycles. The van der Waals surface area contributed by atoms with E-state index in [4.69, 9.17) is 4.74 Å². The molecule has 0 saturated heterocycles. The van der Waals surface area contributed by atoms with Gasteiger partial charge in [0.1, 0.15) is 5.82 Å². The molecule has 7 nitrogen and oxygen atoms in total. The maximum atomic E-state index is 13.5. The molecule has 182 valence electrons. The van der Waals surface area contributed by atoms with Gasteiger partial charge in [-0.15, -0.1) is 0 Å². The van der Waals surface area contributed by atoms with E-state index in [-0.39, 0.29) is 11.1 Å². The third kappa shape index (κ3) is 4.99. The lowest BCUT2D eigenvalue weighted by atomic mass is 10.1. The number of carbonyl (C=O) groups is 2. The van der Waals surface area contributed by atoms with E-state index in [1.807, 2.05) is 0 Å². The highest BCUT2D eigenvalue weighted by Gasteiger charge is 2.28. The van der Waals surface area contributed by atoms with Gasteiger partial charge < -0.3 is 10.1 Å². The van der Waals surface area contributed by atoms with Gasteiger partial charge in [-0.3, -0.25) is 9.59 Å². The fourth-order valence-electron chi connectivity index (χ4n) is 3.89. The monoisotopic (exact) mass is 493 g/mol. The van der Waals surface area contributed by atoms with Crippen molar-refractivity contribution in [2.45, 2.75) is 6.10 Å². The van der Waals surface area contributed by atoms with Crippen molar-refractivity contribution in [3.05, 3.63) is 137 Å². The summed E-state index contributed by atoms with van der Waals surface area (Å²) in [7, 11) is 0. The van der Waals surface area contributed by atoms with Gasteiger partial charge in [0.15, 0.2) is 5.69 Å². The average Bonchev–Trinajstić information content (AvgIpc) is 2.94. The molecular weight excluding hydrogens is 473 g/mol. The Hall–Kier alpha value is -5.11. The summed E-state index contributed by atoms with van der Waals surface area (Å²) in [4.78, 5) is 39.9. The minimum Gasteiger partial charge on any atom is -0.442 e. The minimum atomic E-state index is -1.34. The van der Waals surface area contributed by atoms with E-state index < -0.39 is 29.4 Å². The number of fused-ring (bicyclic) bond motifs is 1. The Labute approximate surface area is 210 Å². The van der Waals surface area contributed by atoms with Gasteiger partial charge in [-0.1, -0.05) is 66.7 Å².